The SMILES string of the molecule is CC1CC(C)(F)CCC[C@@H]1I. The van der Waals surface area contributed by atoms with Crippen molar-refractivity contribution in [2.75, 3.05) is 0 Å². The fourth-order valence-corrected chi connectivity index (χ4v) is 2.55. The van der Waals surface area contributed by atoms with Gasteiger partial charge < -0.3 is 0 Å². The summed E-state index contributed by atoms with van der Waals surface area (Å²) in [4.78, 5) is 0. The van der Waals surface area contributed by atoms with Gasteiger partial charge in [0.1, 0.15) is 5.67 Å². The molecule has 3 atom stereocenters. The van der Waals surface area contributed by atoms with Crippen LogP contribution in [0.5, 0.6) is 0 Å². The van der Waals surface area contributed by atoms with Gasteiger partial charge in [0.2, 0.25) is 0 Å². The summed E-state index contributed by atoms with van der Waals surface area (Å²) in [5.41, 5.74) is -0.890. The second-order valence-corrected chi connectivity index (χ2v) is 5.60. The molecule has 0 N–H and O–H groups in total. The Hall–Kier alpha value is 0.660. The first-order valence-electron chi connectivity index (χ1n) is 4.34. The normalized spacial score (nSPS) is 46.9. The molecule has 1 aliphatic carbocycles. The lowest BCUT2D eigenvalue weighted by molar-refractivity contribution is 0.149. The first-order chi connectivity index (χ1) is 5.01. The molecule has 66 valence electrons. The summed E-state index contributed by atoms with van der Waals surface area (Å²) in [5, 5.41) is 0. The molecule has 0 spiro atoms. The van der Waals surface area contributed by atoms with Gasteiger partial charge >= 0.3 is 0 Å². The molecule has 2 heteroatoms. The first-order valence-corrected chi connectivity index (χ1v) is 5.59. The van der Waals surface area contributed by atoms with Crippen LogP contribution in [0.1, 0.15) is 39.5 Å². The van der Waals surface area contributed by atoms with Gasteiger partial charge in [-0.15, -0.1) is 0 Å². The molecule has 0 heterocycles. The number of hydrogen-bond donors (Lipinski definition) is 0. The molecule has 0 radical (unpaired) electrons. The first kappa shape index (κ1) is 9.75. The van der Waals surface area contributed by atoms with Crippen molar-refractivity contribution in [3.05, 3.63) is 0 Å². The van der Waals surface area contributed by atoms with E-state index in [1.807, 2.05) is 0 Å². The highest BCUT2D eigenvalue weighted by Gasteiger charge is 2.31. The zero-order chi connectivity index (χ0) is 8.48. The fourth-order valence-electron chi connectivity index (χ4n) is 1.85. The van der Waals surface area contributed by atoms with Crippen LogP contribution in [0.15, 0.2) is 0 Å². The molecule has 0 nitrogen and oxygen atoms in total. The van der Waals surface area contributed by atoms with E-state index < -0.39 is 5.67 Å². The van der Waals surface area contributed by atoms with E-state index in [9.17, 15) is 4.39 Å². The van der Waals surface area contributed by atoms with Crippen LogP contribution in [0.3, 0.4) is 0 Å². The molecule has 0 amide bonds. The minimum atomic E-state index is -0.890. The van der Waals surface area contributed by atoms with E-state index >= 15 is 0 Å². The molecule has 1 saturated carbocycles. The molecule has 0 aliphatic heterocycles. The third-order valence-corrected chi connectivity index (χ3v) is 4.39. The summed E-state index contributed by atoms with van der Waals surface area (Å²) in [6.45, 7) is 3.92. The van der Waals surface area contributed by atoms with Gasteiger partial charge in [0.25, 0.3) is 0 Å². The van der Waals surface area contributed by atoms with E-state index in [4.69, 9.17) is 0 Å². The van der Waals surface area contributed by atoms with Crippen molar-refractivity contribution in [3.63, 3.8) is 0 Å². The van der Waals surface area contributed by atoms with E-state index in [0.717, 1.165) is 19.3 Å². The number of halogens is 2. The Bertz CT molecular complexity index is 134. The van der Waals surface area contributed by atoms with Gasteiger partial charge in [0, 0.05) is 3.92 Å². The molecular weight excluding hydrogens is 254 g/mol. The summed E-state index contributed by atoms with van der Waals surface area (Å²) >= 11 is 2.46. The zero-order valence-corrected chi connectivity index (χ0v) is 9.40. The summed E-state index contributed by atoms with van der Waals surface area (Å²) < 4.78 is 14.2. The topological polar surface area (TPSA) is 0 Å². The second-order valence-electron chi connectivity index (χ2n) is 4.00. The molecule has 1 fully saturated rings. The standard InChI is InChI=1S/C9H16FI/c1-7-6-9(2,10)5-3-4-8(7)11/h7-8H,3-6H2,1-2H3/t7?,8-,9?/m0/s1. The van der Waals surface area contributed by atoms with Gasteiger partial charge in [-0.25, -0.2) is 4.39 Å². The van der Waals surface area contributed by atoms with Crippen LogP contribution in [0.2, 0.25) is 0 Å². The maximum atomic E-state index is 13.6. The number of hydrogen-bond acceptors (Lipinski definition) is 0. The van der Waals surface area contributed by atoms with Crippen LogP contribution in [-0.2, 0) is 0 Å². The maximum Gasteiger partial charge on any atom is 0.108 e. The molecule has 0 aromatic rings. The number of alkyl halides is 2. The van der Waals surface area contributed by atoms with E-state index in [-0.39, 0.29) is 0 Å². The molecule has 0 saturated heterocycles. The summed E-state index contributed by atoms with van der Waals surface area (Å²) in [5.74, 6) is 0.549. The van der Waals surface area contributed by atoms with Gasteiger partial charge in [-0.05, 0) is 38.5 Å². The molecule has 1 aliphatic rings. The van der Waals surface area contributed by atoms with Crippen molar-refractivity contribution in [2.24, 2.45) is 5.92 Å². The molecule has 11 heavy (non-hydrogen) atoms. The van der Waals surface area contributed by atoms with Crippen molar-refractivity contribution < 1.29 is 4.39 Å². The van der Waals surface area contributed by atoms with Crippen LogP contribution < -0.4 is 0 Å². The molecule has 2 unspecified atom stereocenters. The highest BCUT2D eigenvalue weighted by Crippen LogP contribution is 2.36. The predicted molar refractivity (Wildman–Crippen MR) is 55.0 cm³/mol. The Labute approximate surface area is 82.1 Å². The minimum absolute atomic E-state index is 0.549. The Morgan fingerprint density at radius 3 is 2.82 bits per heavy atom. The lowest BCUT2D eigenvalue weighted by Gasteiger charge is -2.21. The Morgan fingerprint density at radius 1 is 1.55 bits per heavy atom. The average molecular weight is 270 g/mol. The summed E-state index contributed by atoms with van der Waals surface area (Å²) in [6.07, 6.45) is 3.77. The van der Waals surface area contributed by atoms with Gasteiger partial charge in [-0.2, -0.15) is 0 Å². The fraction of sp³-hybridized carbons (Fsp3) is 1.00. The maximum absolute atomic E-state index is 13.6. The Balaban J connectivity index is 2.55. The summed E-state index contributed by atoms with van der Waals surface area (Å²) in [6, 6.07) is 0. The predicted octanol–water partition coefficient (Wildman–Crippen LogP) is 3.73. The Morgan fingerprint density at radius 2 is 2.18 bits per heavy atom. The molecular formula is C9H16FI. The van der Waals surface area contributed by atoms with Gasteiger partial charge in [-0.3, -0.25) is 0 Å². The molecule has 0 aromatic carbocycles. The largest absolute Gasteiger partial charge is 0.244 e. The van der Waals surface area contributed by atoms with E-state index in [1.165, 1.54) is 6.42 Å². The monoisotopic (exact) mass is 270 g/mol. The highest BCUT2D eigenvalue weighted by molar-refractivity contribution is 14.1. The molecule has 0 bridgehead atoms. The van der Waals surface area contributed by atoms with Crippen LogP contribution >= 0.6 is 22.6 Å². The van der Waals surface area contributed by atoms with Crippen LogP contribution in [0, 0.1) is 5.92 Å². The van der Waals surface area contributed by atoms with Crippen LogP contribution in [0.4, 0.5) is 4.39 Å². The quantitative estimate of drug-likeness (QED) is 0.357. The van der Waals surface area contributed by atoms with Crippen molar-refractivity contribution >= 4 is 22.6 Å². The van der Waals surface area contributed by atoms with E-state index in [0.29, 0.717) is 9.84 Å². The lowest BCUT2D eigenvalue weighted by atomic mass is 9.94. The lowest BCUT2D eigenvalue weighted by Crippen LogP contribution is -2.21. The van der Waals surface area contributed by atoms with Crippen molar-refractivity contribution in [1.29, 1.82) is 0 Å². The highest BCUT2D eigenvalue weighted by atomic mass is 127. The van der Waals surface area contributed by atoms with Gasteiger partial charge in [0.05, 0.1) is 0 Å². The smallest absolute Gasteiger partial charge is 0.108 e. The van der Waals surface area contributed by atoms with E-state index in [1.54, 1.807) is 6.92 Å². The third-order valence-electron chi connectivity index (χ3n) is 2.54. The zero-order valence-electron chi connectivity index (χ0n) is 7.24. The number of rotatable bonds is 0. The van der Waals surface area contributed by atoms with Crippen molar-refractivity contribution in [1.82, 2.24) is 0 Å². The Kier molecular flexibility index (Phi) is 3.18. The minimum Gasteiger partial charge on any atom is -0.244 e. The van der Waals surface area contributed by atoms with Gasteiger partial charge in [-0.1, -0.05) is 29.5 Å². The molecule has 0 aromatic heterocycles. The van der Waals surface area contributed by atoms with Crippen molar-refractivity contribution in [2.45, 2.75) is 49.1 Å². The second kappa shape index (κ2) is 3.58. The van der Waals surface area contributed by atoms with Crippen molar-refractivity contribution in [3.8, 4) is 0 Å². The van der Waals surface area contributed by atoms with E-state index in [2.05, 4.69) is 29.5 Å². The molecule has 1 rings (SSSR count). The van der Waals surface area contributed by atoms with Crippen LogP contribution in [0.25, 0.3) is 0 Å². The average Bonchev–Trinajstić information content (AvgIpc) is 1.93. The third kappa shape index (κ3) is 2.88. The van der Waals surface area contributed by atoms with Gasteiger partial charge in [0.15, 0.2) is 0 Å². The van der Waals surface area contributed by atoms with Crippen LogP contribution in [-0.4, -0.2) is 9.59 Å². The summed E-state index contributed by atoms with van der Waals surface area (Å²) in [7, 11) is 0.